The minimum absolute atomic E-state index is 0.262. The molecule has 15 heavy (non-hydrogen) atoms. The maximum absolute atomic E-state index is 13.2. The lowest BCUT2D eigenvalue weighted by molar-refractivity contribution is 0.167. The van der Waals surface area contributed by atoms with Gasteiger partial charge in [-0.05, 0) is 43.9 Å². The quantitative estimate of drug-likeness (QED) is 0.750. The minimum atomic E-state index is -0.600. The molecule has 1 N–H and O–H groups in total. The maximum atomic E-state index is 13.2. The molecule has 0 saturated carbocycles. The van der Waals surface area contributed by atoms with Crippen molar-refractivity contribution in [2.45, 2.75) is 32.8 Å². The largest absolute Gasteiger partial charge is 0.388 e. The van der Waals surface area contributed by atoms with Crippen LogP contribution in [-0.2, 0) is 0 Å². The van der Waals surface area contributed by atoms with Crippen LogP contribution in [0.5, 0.6) is 0 Å². The van der Waals surface area contributed by atoms with Gasteiger partial charge in [0.2, 0.25) is 0 Å². The van der Waals surface area contributed by atoms with E-state index in [1.54, 1.807) is 19.1 Å². The Balaban J connectivity index is 2.69. The van der Waals surface area contributed by atoms with E-state index >= 15 is 0 Å². The predicted octanol–water partition coefficient (Wildman–Crippen LogP) is 3.52. The SMILES string of the molecule is C=C(C)CCC(O)c1ccc(C)c(F)c1. The fourth-order valence-electron chi connectivity index (χ4n) is 1.37. The van der Waals surface area contributed by atoms with E-state index in [1.807, 2.05) is 6.92 Å². The van der Waals surface area contributed by atoms with Gasteiger partial charge in [0.25, 0.3) is 0 Å². The molecule has 82 valence electrons. The Morgan fingerprint density at radius 2 is 2.20 bits per heavy atom. The monoisotopic (exact) mass is 208 g/mol. The van der Waals surface area contributed by atoms with Crippen molar-refractivity contribution in [2.75, 3.05) is 0 Å². The molecule has 0 aliphatic heterocycles. The van der Waals surface area contributed by atoms with Gasteiger partial charge in [0.05, 0.1) is 6.10 Å². The number of aliphatic hydroxyl groups is 1. The molecule has 1 atom stereocenters. The number of benzene rings is 1. The van der Waals surface area contributed by atoms with Crippen molar-refractivity contribution in [3.63, 3.8) is 0 Å². The van der Waals surface area contributed by atoms with Crippen LogP contribution in [-0.4, -0.2) is 5.11 Å². The molecule has 0 radical (unpaired) electrons. The van der Waals surface area contributed by atoms with Crippen LogP contribution in [0.1, 0.15) is 37.0 Å². The summed E-state index contributed by atoms with van der Waals surface area (Å²) in [5, 5.41) is 9.78. The number of halogens is 1. The predicted molar refractivity (Wildman–Crippen MR) is 60.1 cm³/mol. The number of allylic oxidation sites excluding steroid dienone is 1. The summed E-state index contributed by atoms with van der Waals surface area (Å²) in [6.45, 7) is 7.39. The molecule has 0 spiro atoms. The van der Waals surface area contributed by atoms with Crippen LogP contribution in [0.25, 0.3) is 0 Å². The normalized spacial score (nSPS) is 12.5. The van der Waals surface area contributed by atoms with E-state index in [-0.39, 0.29) is 5.82 Å². The van der Waals surface area contributed by atoms with Gasteiger partial charge in [-0.15, -0.1) is 6.58 Å². The zero-order valence-corrected chi connectivity index (χ0v) is 9.26. The van der Waals surface area contributed by atoms with Gasteiger partial charge < -0.3 is 5.11 Å². The van der Waals surface area contributed by atoms with Crippen LogP contribution < -0.4 is 0 Å². The number of hydrogen-bond acceptors (Lipinski definition) is 1. The molecule has 0 fully saturated rings. The molecule has 0 saturated heterocycles. The molecule has 1 rings (SSSR count). The first-order valence-electron chi connectivity index (χ1n) is 5.09. The van der Waals surface area contributed by atoms with E-state index in [2.05, 4.69) is 6.58 Å². The summed E-state index contributed by atoms with van der Waals surface area (Å²) in [5.41, 5.74) is 2.27. The lowest BCUT2D eigenvalue weighted by atomic mass is 10.0. The molecule has 0 bridgehead atoms. The number of rotatable bonds is 4. The highest BCUT2D eigenvalue weighted by Gasteiger charge is 2.09. The van der Waals surface area contributed by atoms with Crippen molar-refractivity contribution < 1.29 is 9.50 Å². The van der Waals surface area contributed by atoms with Gasteiger partial charge in [-0.2, -0.15) is 0 Å². The summed E-state index contributed by atoms with van der Waals surface area (Å²) in [6, 6.07) is 4.86. The number of aliphatic hydroxyl groups excluding tert-OH is 1. The number of aryl methyl sites for hydroxylation is 1. The van der Waals surface area contributed by atoms with E-state index in [0.717, 1.165) is 12.0 Å². The third-order valence-corrected chi connectivity index (χ3v) is 2.43. The lowest BCUT2D eigenvalue weighted by Crippen LogP contribution is -1.99. The van der Waals surface area contributed by atoms with Gasteiger partial charge in [0.15, 0.2) is 0 Å². The Bertz CT molecular complexity index is 358. The smallest absolute Gasteiger partial charge is 0.126 e. The fraction of sp³-hybridized carbons (Fsp3) is 0.385. The maximum Gasteiger partial charge on any atom is 0.126 e. The van der Waals surface area contributed by atoms with E-state index in [0.29, 0.717) is 17.5 Å². The van der Waals surface area contributed by atoms with Gasteiger partial charge in [-0.1, -0.05) is 17.7 Å². The van der Waals surface area contributed by atoms with Crippen molar-refractivity contribution in [3.8, 4) is 0 Å². The third-order valence-electron chi connectivity index (χ3n) is 2.43. The molecule has 0 aliphatic carbocycles. The van der Waals surface area contributed by atoms with E-state index < -0.39 is 6.10 Å². The molecule has 0 aromatic heterocycles. The highest BCUT2D eigenvalue weighted by Crippen LogP contribution is 2.21. The minimum Gasteiger partial charge on any atom is -0.388 e. The molecule has 2 heteroatoms. The van der Waals surface area contributed by atoms with Crippen LogP contribution in [0.15, 0.2) is 30.4 Å². The van der Waals surface area contributed by atoms with Crippen LogP contribution >= 0.6 is 0 Å². The van der Waals surface area contributed by atoms with Crippen LogP contribution in [0.2, 0.25) is 0 Å². The first kappa shape index (κ1) is 11.9. The van der Waals surface area contributed by atoms with Gasteiger partial charge in [-0.3, -0.25) is 0 Å². The third kappa shape index (κ3) is 3.48. The highest BCUT2D eigenvalue weighted by atomic mass is 19.1. The standard InChI is InChI=1S/C13H17FO/c1-9(2)4-7-13(15)11-6-5-10(3)12(14)8-11/h5-6,8,13,15H,1,4,7H2,2-3H3. The highest BCUT2D eigenvalue weighted by molar-refractivity contribution is 5.24. The summed E-state index contributed by atoms with van der Waals surface area (Å²) in [5.74, 6) is -0.262. The van der Waals surface area contributed by atoms with Gasteiger partial charge >= 0.3 is 0 Å². The van der Waals surface area contributed by atoms with E-state index in [1.165, 1.54) is 6.07 Å². The molecule has 0 aliphatic rings. The lowest BCUT2D eigenvalue weighted by Gasteiger charge is -2.11. The van der Waals surface area contributed by atoms with Crippen LogP contribution in [0.3, 0.4) is 0 Å². The Morgan fingerprint density at radius 3 is 2.73 bits per heavy atom. The Hall–Kier alpha value is -1.15. The Kier molecular flexibility index (Phi) is 4.04. The average Bonchev–Trinajstić information content (AvgIpc) is 2.18. The van der Waals surface area contributed by atoms with E-state index in [9.17, 15) is 9.50 Å². The second-order valence-corrected chi connectivity index (χ2v) is 4.02. The van der Waals surface area contributed by atoms with Crippen molar-refractivity contribution in [2.24, 2.45) is 0 Å². The summed E-state index contributed by atoms with van der Waals surface area (Å²) >= 11 is 0. The topological polar surface area (TPSA) is 20.2 Å². The average molecular weight is 208 g/mol. The Morgan fingerprint density at radius 1 is 1.53 bits per heavy atom. The fourth-order valence-corrected chi connectivity index (χ4v) is 1.37. The molecule has 1 nitrogen and oxygen atoms in total. The summed E-state index contributed by atoms with van der Waals surface area (Å²) < 4.78 is 13.2. The van der Waals surface area contributed by atoms with Crippen molar-refractivity contribution in [1.29, 1.82) is 0 Å². The first-order valence-corrected chi connectivity index (χ1v) is 5.09. The van der Waals surface area contributed by atoms with Crippen molar-refractivity contribution >= 4 is 0 Å². The van der Waals surface area contributed by atoms with Crippen molar-refractivity contribution in [3.05, 3.63) is 47.3 Å². The molecule has 0 amide bonds. The van der Waals surface area contributed by atoms with E-state index in [4.69, 9.17) is 0 Å². The van der Waals surface area contributed by atoms with Crippen LogP contribution in [0, 0.1) is 12.7 Å². The van der Waals surface area contributed by atoms with Crippen LogP contribution in [0.4, 0.5) is 4.39 Å². The van der Waals surface area contributed by atoms with Crippen molar-refractivity contribution in [1.82, 2.24) is 0 Å². The van der Waals surface area contributed by atoms with Gasteiger partial charge in [0.1, 0.15) is 5.82 Å². The summed E-state index contributed by atoms with van der Waals surface area (Å²) in [4.78, 5) is 0. The van der Waals surface area contributed by atoms with Gasteiger partial charge in [0, 0.05) is 0 Å². The molecule has 0 heterocycles. The zero-order chi connectivity index (χ0) is 11.4. The number of hydrogen-bond donors (Lipinski definition) is 1. The molecular formula is C13H17FO. The zero-order valence-electron chi connectivity index (χ0n) is 9.26. The summed E-state index contributed by atoms with van der Waals surface area (Å²) in [6.07, 6.45) is 0.755. The molecular weight excluding hydrogens is 191 g/mol. The Labute approximate surface area is 90.3 Å². The summed E-state index contributed by atoms with van der Waals surface area (Å²) in [7, 11) is 0. The molecule has 1 unspecified atom stereocenters. The second kappa shape index (κ2) is 5.08. The first-order chi connectivity index (χ1) is 7.00. The molecule has 1 aromatic rings. The second-order valence-electron chi connectivity index (χ2n) is 4.02. The van der Waals surface area contributed by atoms with Gasteiger partial charge in [-0.25, -0.2) is 4.39 Å². The molecule has 1 aromatic carbocycles.